The molecule has 136 valence electrons. The number of furan rings is 1. The van der Waals surface area contributed by atoms with Crippen molar-refractivity contribution < 1.29 is 14.0 Å². The summed E-state index contributed by atoms with van der Waals surface area (Å²) in [6, 6.07) is 16.6. The Bertz CT molecular complexity index is 976. The summed E-state index contributed by atoms with van der Waals surface area (Å²) in [7, 11) is 0. The monoisotopic (exact) mass is 381 g/mol. The number of benzene rings is 2. The second-order valence-electron chi connectivity index (χ2n) is 5.69. The first-order valence-corrected chi connectivity index (χ1v) is 8.46. The van der Waals surface area contributed by atoms with Crippen LogP contribution in [0.1, 0.15) is 32.2 Å². The Kier molecular flexibility index (Phi) is 5.68. The zero-order valence-electron chi connectivity index (χ0n) is 14.4. The third-order valence-electron chi connectivity index (χ3n) is 3.63. The van der Waals surface area contributed by atoms with Gasteiger partial charge in [0, 0.05) is 21.8 Å². The van der Waals surface area contributed by atoms with Gasteiger partial charge in [0.25, 0.3) is 11.8 Å². The van der Waals surface area contributed by atoms with E-state index in [1.165, 1.54) is 6.21 Å². The van der Waals surface area contributed by atoms with Crippen molar-refractivity contribution in [2.24, 2.45) is 5.10 Å². The lowest BCUT2D eigenvalue weighted by molar-refractivity contribution is 0.0954. The molecule has 0 saturated carbocycles. The Hall–Kier alpha value is -3.38. The topological polar surface area (TPSA) is 83.7 Å². The van der Waals surface area contributed by atoms with Crippen molar-refractivity contribution in [3.8, 4) is 0 Å². The number of halogens is 1. The van der Waals surface area contributed by atoms with Crippen molar-refractivity contribution in [3.63, 3.8) is 0 Å². The lowest BCUT2D eigenvalue weighted by Crippen LogP contribution is -2.17. The van der Waals surface area contributed by atoms with E-state index < -0.39 is 0 Å². The fourth-order valence-corrected chi connectivity index (χ4v) is 2.38. The number of nitrogens with zero attached hydrogens (tertiary/aromatic N) is 1. The fraction of sp³-hybridized carbons (Fsp3) is 0.0500. The van der Waals surface area contributed by atoms with Crippen LogP contribution in [0, 0.1) is 6.92 Å². The summed E-state index contributed by atoms with van der Waals surface area (Å²) in [4.78, 5) is 24.2. The lowest BCUT2D eigenvalue weighted by atomic mass is 10.1. The summed E-state index contributed by atoms with van der Waals surface area (Å²) in [6.45, 7) is 1.82. The van der Waals surface area contributed by atoms with E-state index in [9.17, 15) is 9.59 Å². The predicted octanol–water partition coefficient (Wildman–Crippen LogP) is 4.26. The molecular formula is C20H16ClN3O3. The summed E-state index contributed by atoms with van der Waals surface area (Å²) >= 11 is 5.81. The Balaban J connectivity index is 1.57. The highest BCUT2D eigenvalue weighted by atomic mass is 35.5. The molecule has 2 N–H and O–H groups in total. The molecule has 3 rings (SSSR count). The van der Waals surface area contributed by atoms with Crippen LogP contribution in [0.25, 0.3) is 0 Å². The van der Waals surface area contributed by atoms with Crippen LogP contribution in [0.5, 0.6) is 0 Å². The highest BCUT2D eigenvalue weighted by Crippen LogP contribution is 2.14. The van der Waals surface area contributed by atoms with E-state index in [4.69, 9.17) is 16.0 Å². The number of rotatable bonds is 5. The quantitative estimate of drug-likeness (QED) is 0.511. The van der Waals surface area contributed by atoms with Crippen molar-refractivity contribution in [2.45, 2.75) is 6.92 Å². The minimum atomic E-state index is -0.370. The SMILES string of the molecule is Cc1ccc(/C=N\NC(=O)c2ccc(NC(=O)c3ccc(Cl)cc3)cc2)o1. The highest BCUT2D eigenvalue weighted by molar-refractivity contribution is 6.30. The standard InChI is InChI=1S/C20H16ClN3O3/c1-13-2-11-18(27-13)12-22-24-20(26)15-5-9-17(10-6-15)23-19(25)14-3-7-16(21)8-4-14/h2-12H,1H3,(H,23,25)(H,24,26)/b22-12-. The number of carbonyl (C=O) groups excluding carboxylic acids is 2. The molecule has 1 heterocycles. The summed E-state index contributed by atoms with van der Waals surface area (Å²) in [6.07, 6.45) is 1.42. The molecule has 0 fully saturated rings. The Morgan fingerprint density at radius 3 is 2.19 bits per heavy atom. The van der Waals surface area contributed by atoms with Crippen molar-refractivity contribution in [1.29, 1.82) is 0 Å². The van der Waals surface area contributed by atoms with Gasteiger partial charge >= 0.3 is 0 Å². The van der Waals surface area contributed by atoms with E-state index >= 15 is 0 Å². The summed E-state index contributed by atoms with van der Waals surface area (Å²) < 4.78 is 5.32. The smallest absolute Gasteiger partial charge is 0.271 e. The van der Waals surface area contributed by atoms with Crippen LogP contribution >= 0.6 is 11.6 Å². The van der Waals surface area contributed by atoms with Gasteiger partial charge in [0.15, 0.2) is 0 Å². The van der Waals surface area contributed by atoms with Crippen molar-refractivity contribution in [2.75, 3.05) is 5.32 Å². The maximum absolute atomic E-state index is 12.2. The van der Waals surface area contributed by atoms with Crippen molar-refractivity contribution in [3.05, 3.63) is 88.3 Å². The Morgan fingerprint density at radius 2 is 1.56 bits per heavy atom. The van der Waals surface area contributed by atoms with Crippen LogP contribution in [0.4, 0.5) is 5.69 Å². The van der Waals surface area contributed by atoms with Gasteiger partial charge in [0.1, 0.15) is 11.5 Å². The first-order valence-electron chi connectivity index (χ1n) is 8.08. The average Bonchev–Trinajstić information content (AvgIpc) is 3.08. The second-order valence-corrected chi connectivity index (χ2v) is 6.12. The molecule has 0 atom stereocenters. The number of aryl methyl sites for hydroxylation is 1. The van der Waals surface area contributed by atoms with E-state index in [0.29, 0.717) is 27.6 Å². The largest absolute Gasteiger partial charge is 0.460 e. The van der Waals surface area contributed by atoms with E-state index in [0.717, 1.165) is 5.76 Å². The molecule has 0 unspecified atom stereocenters. The molecule has 7 heteroatoms. The van der Waals surface area contributed by atoms with Crippen molar-refractivity contribution >= 4 is 35.3 Å². The number of hydrogen-bond acceptors (Lipinski definition) is 4. The van der Waals surface area contributed by atoms with Crippen LogP contribution in [0.2, 0.25) is 5.02 Å². The van der Waals surface area contributed by atoms with Gasteiger partial charge in [-0.2, -0.15) is 5.10 Å². The first-order chi connectivity index (χ1) is 13.0. The molecule has 0 aliphatic rings. The van der Waals surface area contributed by atoms with Crippen LogP contribution in [0.3, 0.4) is 0 Å². The lowest BCUT2D eigenvalue weighted by Gasteiger charge is -2.06. The molecule has 2 aromatic carbocycles. The third-order valence-corrected chi connectivity index (χ3v) is 3.88. The molecule has 0 aliphatic heterocycles. The average molecular weight is 382 g/mol. The molecule has 3 aromatic rings. The van der Waals surface area contributed by atoms with Gasteiger partial charge in [0.05, 0.1) is 6.21 Å². The second kappa shape index (κ2) is 8.33. The van der Waals surface area contributed by atoms with E-state index in [1.54, 1.807) is 60.7 Å². The Morgan fingerprint density at radius 1 is 0.926 bits per heavy atom. The molecule has 2 amide bonds. The molecule has 1 aromatic heterocycles. The van der Waals surface area contributed by atoms with Gasteiger partial charge in [0.2, 0.25) is 0 Å². The molecule has 0 aliphatic carbocycles. The Labute approximate surface area is 160 Å². The number of carbonyl (C=O) groups is 2. The van der Waals surface area contributed by atoms with E-state index in [2.05, 4.69) is 15.8 Å². The van der Waals surface area contributed by atoms with Gasteiger partial charge in [-0.1, -0.05) is 11.6 Å². The molecule has 0 radical (unpaired) electrons. The van der Waals surface area contributed by atoms with Gasteiger partial charge in [-0.3, -0.25) is 9.59 Å². The van der Waals surface area contributed by atoms with E-state index in [-0.39, 0.29) is 11.8 Å². The summed E-state index contributed by atoms with van der Waals surface area (Å²) in [5, 5.41) is 7.17. The minimum Gasteiger partial charge on any atom is -0.460 e. The predicted molar refractivity (Wildman–Crippen MR) is 104 cm³/mol. The molecular weight excluding hydrogens is 366 g/mol. The number of amides is 2. The van der Waals surface area contributed by atoms with E-state index in [1.807, 2.05) is 6.92 Å². The minimum absolute atomic E-state index is 0.262. The number of hydrazone groups is 1. The maximum atomic E-state index is 12.2. The molecule has 27 heavy (non-hydrogen) atoms. The van der Waals surface area contributed by atoms with Crippen LogP contribution in [-0.2, 0) is 0 Å². The maximum Gasteiger partial charge on any atom is 0.271 e. The molecule has 0 saturated heterocycles. The van der Waals surface area contributed by atoms with Crippen LogP contribution in [-0.4, -0.2) is 18.0 Å². The van der Waals surface area contributed by atoms with Gasteiger partial charge in [-0.15, -0.1) is 0 Å². The molecule has 0 spiro atoms. The highest BCUT2D eigenvalue weighted by Gasteiger charge is 2.08. The number of nitrogens with one attached hydrogen (secondary N) is 2. The van der Waals surface area contributed by atoms with Crippen molar-refractivity contribution in [1.82, 2.24) is 5.43 Å². The summed E-state index contributed by atoms with van der Waals surface area (Å²) in [5.74, 6) is 0.680. The van der Waals surface area contributed by atoms with Crippen LogP contribution < -0.4 is 10.7 Å². The van der Waals surface area contributed by atoms with Gasteiger partial charge in [-0.05, 0) is 67.6 Å². The zero-order valence-corrected chi connectivity index (χ0v) is 15.2. The molecule has 0 bridgehead atoms. The normalized spacial score (nSPS) is 10.7. The zero-order chi connectivity index (χ0) is 19.2. The fourth-order valence-electron chi connectivity index (χ4n) is 2.25. The summed E-state index contributed by atoms with van der Waals surface area (Å²) in [5.41, 5.74) is 3.89. The van der Waals surface area contributed by atoms with Crippen LogP contribution in [0.15, 0.2) is 70.2 Å². The number of hydrogen-bond donors (Lipinski definition) is 2. The molecule has 6 nitrogen and oxygen atoms in total. The first kappa shape index (κ1) is 18.4. The van der Waals surface area contributed by atoms with Gasteiger partial charge < -0.3 is 9.73 Å². The van der Waals surface area contributed by atoms with Gasteiger partial charge in [-0.25, -0.2) is 5.43 Å². The number of anilines is 1. The third kappa shape index (κ3) is 5.05.